The quantitative estimate of drug-likeness (QED) is 0.933. The van der Waals surface area contributed by atoms with Gasteiger partial charge < -0.3 is 10.5 Å². The molecule has 1 aliphatic rings. The Bertz CT molecular complexity index is 574. The van der Waals surface area contributed by atoms with E-state index in [0.717, 1.165) is 17.2 Å². The molecule has 4 heteroatoms. The molecule has 3 rings (SSSR count). The van der Waals surface area contributed by atoms with Crippen molar-refractivity contribution in [1.82, 2.24) is 4.98 Å². The summed E-state index contributed by atoms with van der Waals surface area (Å²) in [5, 5.41) is 1.37. The van der Waals surface area contributed by atoms with Crippen LogP contribution in [0.4, 0.5) is 0 Å². The zero-order valence-electron chi connectivity index (χ0n) is 10.7. The molecule has 0 saturated heterocycles. The first-order chi connectivity index (χ1) is 9.28. The van der Waals surface area contributed by atoms with Crippen molar-refractivity contribution in [2.24, 2.45) is 5.73 Å². The van der Waals surface area contributed by atoms with Crippen LogP contribution in [0.25, 0.3) is 0 Å². The highest BCUT2D eigenvalue weighted by Gasteiger charge is 2.31. The smallest absolute Gasteiger partial charge is 0.119 e. The van der Waals surface area contributed by atoms with E-state index in [0.29, 0.717) is 5.25 Å². The summed E-state index contributed by atoms with van der Waals surface area (Å²) in [7, 11) is 1.68. The fraction of sp³-hybridized carbons (Fsp3) is 0.267. The third-order valence-corrected chi connectivity index (χ3v) is 4.69. The van der Waals surface area contributed by atoms with Crippen LogP contribution in [-0.2, 0) is 6.42 Å². The van der Waals surface area contributed by atoms with Gasteiger partial charge in [0.05, 0.1) is 12.1 Å². The molecule has 0 spiro atoms. The molecule has 98 valence electrons. The number of pyridine rings is 1. The van der Waals surface area contributed by atoms with E-state index in [1.165, 1.54) is 11.1 Å². The van der Waals surface area contributed by atoms with Gasteiger partial charge in [-0.2, -0.15) is 0 Å². The van der Waals surface area contributed by atoms with Crippen LogP contribution in [0.1, 0.15) is 17.2 Å². The number of fused-ring (bicyclic) bond motifs is 1. The molecule has 2 N–H and O–H groups in total. The lowest BCUT2D eigenvalue weighted by Gasteiger charge is -2.15. The van der Waals surface area contributed by atoms with Gasteiger partial charge in [0, 0.05) is 17.5 Å². The van der Waals surface area contributed by atoms with Crippen LogP contribution in [0.15, 0.2) is 47.6 Å². The highest BCUT2D eigenvalue weighted by Crippen LogP contribution is 2.40. The molecule has 0 bridgehead atoms. The van der Waals surface area contributed by atoms with Gasteiger partial charge in [-0.15, -0.1) is 11.8 Å². The average molecular weight is 272 g/mol. The normalized spacial score (nSPS) is 21.2. The van der Waals surface area contributed by atoms with Crippen molar-refractivity contribution < 1.29 is 4.74 Å². The van der Waals surface area contributed by atoms with Gasteiger partial charge in [0.1, 0.15) is 5.75 Å². The molecule has 0 fully saturated rings. The summed E-state index contributed by atoms with van der Waals surface area (Å²) >= 11 is 1.75. The fourth-order valence-electron chi connectivity index (χ4n) is 2.43. The Labute approximate surface area is 117 Å². The van der Waals surface area contributed by atoms with Crippen LogP contribution in [0.5, 0.6) is 5.75 Å². The lowest BCUT2D eigenvalue weighted by molar-refractivity contribution is 0.414. The summed E-state index contributed by atoms with van der Waals surface area (Å²) in [4.78, 5) is 4.36. The Morgan fingerprint density at radius 3 is 2.95 bits per heavy atom. The number of thioether (sulfide) groups is 1. The van der Waals surface area contributed by atoms with Crippen LogP contribution < -0.4 is 10.5 Å². The molecule has 1 heterocycles. The van der Waals surface area contributed by atoms with Crippen LogP contribution in [0.2, 0.25) is 0 Å². The van der Waals surface area contributed by atoms with Gasteiger partial charge in [0.15, 0.2) is 0 Å². The van der Waals surface area contributed by atoms with E-state index in [9.17, 15) is 0 Å². The molecular weight excluding hydrogens is 256 g/mol. The first kappa shape index (κ1) is 12.5. The molecular formula is C15H16N2OS. The van der Waals surface area contributed by atoms with Crippen molar-refractivity contribution in [3.05, 3.63) is 53.7 Å². The van der Waals surface area contributed by atoms with Crippen LogP contribution in [-0.4, -0.2) is 17.3 Å². The van der Waals surface area contributed by atoms with Crippen molar-refractivity contribution in [2.75, 3.05) is 7.11 Å². The molecule has 0 radical (unpaired) electrons. The average Bonchev–Trinajstić information content (AvgIpc) is 2.76. The topological polar surface area (TPSA) is 48.1 Å². The maximum atomic E-state index is 6.36. The number of nitrogens with two attached hydrogens (primary N) is 1. The maximum Gasteiger partial charge on any atom is 0.119 e. The van der Waals surface area contributed by atoms with E-state index in [1.54, 1.807) is 18.9 Å². The second-order valence-electron chi connectivity index (χ2n) is 4.62. The predicted molar refractivity (Wildman–Crippen MR) is 77.5 cm³/mol. The predicted octanol–water partition coefficient (Wildman–Crippen LogP) is 2.81. The summed E-state index contributed by atoms with van der Waals surface area (Å²) in [6.07, 6.45) is 2.81. The van der Waals surface area contributed by atoms with Gasteiger partial charge in [-0.25, -0.2) is 4.98 Å². The van der Waals surface area contributed by atoms with Crippen molar-refractivity contribution >= 4 is 11.8 Å². The van der Waals surface area contributed by atoms with Crippen molar-refractivity contribution in [1.29, 1.82) is 0 Å². The molecule has 1 aromatic heterocycles. The van der Waals surface area contributed by atoms with E-state index in [4.69, 9.17) is 10.5 Å². The van der Waals surface area contributed by atoms with Gasteiger partial charge in [0.2, 0.25) is 0 Å². The zero-order valence-corrected chi connectivity index (χ0v) is 11.6. The first-order valence-electron chi connectivity index (χ1n) is 6.28. The van der Waals surface area contributed by atoms with Crippen molar-refractivity contribution in [2.45, 2.75) is 22.7 Å². The van der Waals surface area contributed by atoms with E-state index >= 15 is 0 Å². The van der Waals surface area contributed by atoms with Crippen LogP contribution >= 0.6 is 11.8 Å². The third-order valence-electron chi connectivity index (χ3n) is 3.44. The molecule has 0 saturated carbocycles. The number of rotatable bonds is 3. The van der Waals surface area contributed by atoms with Gasteiger partial charge >= 0.3 is 0 Å². The van der Waals surface area contributed by atoms with Gasteiger partial charge in [-0.3, -0.25) is 0 Å². The highest BCUT2D eigenvalue weighted by atomic mass is 32.2. The fourth-order valence-corrected chi connectivity index (χ4v) is 3.57. The Morgan fingerprint density at radius 2 is 2.21 bits per heavy atom. The Balaban J connectivity index is 1.81. The van der Waals surface area contributed by atoms with Crippen LogP contribution in [0.3, 0.4) is 0 Å². The second kappa shape index (κ2) is 5.23. The Morgan fingerprint density at radius 1 is 1.32 bits per heavy atom. The molecule has 1 aliphatic carbocycles. The monoisotopic (exact) mass is 272 g/mol. The van der Waals surface area contributed by atoms with Gasteiger partial charge in [-0.05, 0) is 41.8 Å². The number of ether oxygens (including phenoxy) is 1. The van der Waals surface area contributed by atoms with Gasteiger partial charge in [-0.1, -0.05) is 12.1 Å². The summed E-state index contributed by atoms with van der Waals surface area (Å²) in [6, 6.07) is 12.2. The third kappa shape index (κ3) is 2.46. The lowest BCUT2D eigenvalue weighted by atomic mass is 10.1. The molecule has 2 atom stereocenters. The molecule has 2 aromatic rings. The molecule has 1 aromatic carbocycles. The molecule has 2 unspecified atom stereocenters. The van der Waals surface area contributed by atoms with E-state index in [1.807, 2.05) is 30.5 Å². The van der Waals surface area contributed by atoms with Gasteiger partial charge in [0.25, 0.3) is 0 Å². The van der Waals surface area contributed by atoms with E-state index in [2.05, 4.69) is 17.1 Å². The number of methoxy groups -OCH3 is 1. The SMILES string of the molecule is COc1ccc2c(c1)C(N)C(Sc1ccccn1)C2. The Kier molecular flexibility index (Phi) is 3.44. The lowest BCUT2D eigenvalue weighted by Crippen LogP contribution is -2.19. The molecule has 3 nitrogen and oxygen atoms in total. The summed E-state index contributed by atoms with van der Waals surface area (Å²) in [6.45, 7) is 0. The van der Waals surface area contributed by atoms with Crippen molar-refractivity contribution in [3.8, 4) is 5.75 Å². The number of benzene rings is 1. The number of hydrogen-bond donors (Lipinski definition) is 1. The highest BCUT2D eigenvalue weighted by molar-refractivity contribution is 7.99. The number of nitrogens with zero attached hydrogens (tertiary/aromatic N) is 1. The molecule has 0 amide bonds. The standard InChI is InChI=1S/C15H16N2OS/c1-18-11-6-5-10-8-13(15(16)12(10)9-11)19-14-4-2-3-7-17-14/h2-7,9,13,15H,8,16H2,1H3. The summed E-state index contributed by atoms with van der Waals surface area (Å²) < 4.78 is 5.27. The minimum absolute atomic E-state index is 0.0390. The largest absolute Gasteiger partial charge is 0.497 e. The minimum atomic E-state index is 0.0390. The zero-order chi connectivity index (χ0) is 13.2. The maximum absolute atomic E-state index is 6.36. The first-order valence-corrected chi connectivity index (χ1v) is 7.16. The summed E-state index contributed by atoms with van der Waals surface area (Å²) in [5.41, 5.74) is 8.88. The molecule has 19 heavy (non-hydrogen) atoms. The van der Waals surface area contributed by atoms with Crippen LogP contribution in [0, 0.1) is 0 Å². The van der Waals surface area contributed by atoms with Crippen molar-refractivity contribution in [3.63, 3.8) is 0 Å². The number of hydrogen-bond acceptors (Lipinski definition) is 4. The van der Waals surface area contributed by atoms with E-state index < -0.39 is 0 Å². The summed E-state index contributed by atoms with van der Waals surface area (Å²) in [5.74, 6) is 0.873. The Hall–Kier alpha value is -1.52. The number of aromatic nitrogens is 1. The minimum Gasteiger partial charge on any atom is -0.497 e. The van der Waals surface area contributed by atoms with E-state index in [-0.39, 0.29) is 6.04 Å². The molecule has 0 aliphatic heterocycles. The second-order valence-corrected chi connectivity index (χ2v) is 5.88.